The molecular weight excluding hydrogens is 362 g/mol. The van der Waals surface area contributed by atoms with Crippen molar-refractivity contribution in [3.05, 3.63) is 83.0 Å². The summed E-state index contributed by atoms with van der Waals surface area (Å²) >= 11 is 5.94. The molecule has 138 valence electrons. The monoisotopic (exact) mass is 381 g/mol. The Kier molecular flexibility index (Phi) is 6.22. The summed E-state index contributed by atoms with van der Waals surface area (Å²) in [6, 6.07) is 20.5. The largest absolute Gasteiger partial charge is 0.368 e. The van der Waals surface area contributed by atoms with Crippen LogP contribution in [0.25, 0.3) is 0 Å². The van der Waals surface area contributed by atoms with Crippen LogP contribution in [0, 0.1) is 0 Å². The number of carbonyl (C=O) groups is 1. The Morgan fingerprint density at radius 3 is 2.26 bits per heavy atom. The van der Waals surface area contributed by atoms with Gasteiger partial charge in [-0.2, -0.15) is 4.98 Å². The number of aromatic nitrogens is 2. The highest BCUT2D eigenvalue weighted by molar-refractivity contribution is 6.29. The number of halogens is 1. The van der Waals surface area contributed by atoms with Gasteiger partial charge in [0.1, 0.15) is 17.0 Å². The number of amides is 1. The molecule has 1 aromatic heterocycles. The summed E-state index contributed by atoms with van der Waals surface area (Å²) in [7, 11) is 0. The minimum atomic E-state index is -0.540. The van der Waals surface area contributed by atoms with Gasteiger partial charge < -0.3 is 16.4 Å². The lowest BCUT2D eigenvalue weighted by Crippen LogP contribution is -2.41. The molecule has 1 heterocycles. The summed E-state index contributed by atoms with van der Waals surface area (Å²) < 4.78 is 0. The summed E-state index contributed by atoms with van der Waals surface area (Å²) in [5.74, 6) is 0.312. The molecule has 0 fully saturated rings. The molecule has 0 radical (unpaired) electrons. The van der Waals surface area contributed by atoms with E-state index in [1.165, 1.54) is 0 Å². The van der Waals surface area contributed by atoms with Crippen molar-refractivity contribution in [2.45, 2.75) is 19.0 Å². The topological polar surface area (TPSA) is 92.9 Å². The lowest BCUT2D eigenvalue weighted by molar-refractivity contribution is -0.122. The van der Waals surface area contributed by atoms with E-state index in [0.29, 0.717) is 18.8 Å². The fourth-order valence-electron chi connectivity index (χ4n) is 2.65. The van der Waals surface area contributed by atoms with Gasteiger partial charge in [0.05, 0.1) is 0 Å². The van der Waals surface area contributed by atoms with Gasteiger partial charge in [-0.05, 0) is 11.1 Å². The second-order valence-electron chi connectivity index (χ2n) is 6.02. The third kappa shape index (κ3) is 5.69. The Bertz CT molecular complexity index is 869. The number of benzene rings is 2. The molecule has 0 bridgehead atoms. The van der Waals surface area contributed by atoms with Crippen molar-refractivity contribution < 1.29 is 4.79 Å². The molecule has 0 aliphatic heterocycles. The molecule has 4 N–H and O–H groups in total. The summed E-state index contributed by atoms with van der Waals surface area (Å²) in [4.78, 5) is 20.8. The molecule has 0 saturated heterocycles. The summed E-state index contributed by atoms with van der Waals surface area (Å²) in [5, 5.41) is 6.29. The van der Waals surface area contributed by atoms with Crippen LogP contribution in [0.15, 0.2) is 66.7 Å². The van der Waals surface area contributed by atoms with Gasteiger partial charge in [0.15, 0.2) is 0 Å². The lowest BCUT2D eigenvalue weighted by atomic mass is 10.1. The van der Waals surface area contributed by atoms with Gasteiger partial charge in [-0.3, -0.25) is 4.79 Å². The molecule has 6 nitrogen and oxygen atoms in total. The zero-order chi connectivity index (χ0) is 19.1. The number of nitrogens with two attached hydrogens (primary N) is 1. The number of carbonyl (C=O) groups excluding carboxylic acids is 1. The van der Waals surface area contributed by atoms with E-state index in [2.05, 4.69) is 20.6 Å². The van der Waals surface area contributed by atoms with Crippen LogP contribution in [0.4, 0.5) is 11.8 Å². The molecule has 7 heteroatoms. The van der Waals surface area contributed by atoms with Crippen molar-refractivity contribution in [2.24, 2.45) is 0 Å². The molecule has 27 heavy (non-hydrogen) atoms. The van der Waals surface area contributed by atoms with E-state index in [1.54, 1.807) is 6.07 Å². The second kappa shape index (κ2) is 9.00. The summed E-state index contributed by atoms with van der Waals surface area (Å²) in [5.41, 5.74) is 7.70. The molecule has 1 unspecified atom stereocenters. The van der Waals surface area contributed by atoms with Crippen LogP contribution in [0.5, 0.6) is 0 Å². The number of nitrogens with zero attached hydrogens (tertiary/aromatic N) is 2. The Morgan fingerprint density at radius 2 is 1.63 bits per heavy atom. The number of nitrogen functional groups attached to an aromatic ring is 1. The standard InChI is InChI=1S/C20H20ClN5O/c21-17-12-18(26-20(22)25-17)24-16(11-14-7-3-1-4-8-14)19(27)23-13-15-9-5-2-6-10-15/h1-10,12,16H,11,13H2,(H,23,27)(H3,22,24,25,26). The van der Waals surface area contributed by atoms with E-state index >= 15 is 0 Å². The highest BCUT2D eigenvalue weighted by Gasteiger charge is 2.20. The first-order chi connectivity index (χ1) is 13.1. The molecule has 0 aliphatic rings. The number of nitrogens with one attached hydrogen (secondary N) is 2. The first kappa shape index (κ1) is 18.7. The average molecular weight is 382 g/mol. The van der Waals surface area contributed by atoms with E-state index < -0.39 is 6.04 Å². The van der Waals surface area contributed by atoms with Crippen LogP contribution in [-0.4, -0.2) is 21.9 Å². The van der Waals surface area contributed by atoms with Crippen molar-refractivity contribution in [3.8, 4) is 0 Å². The molecule has 0 saturated carbocycles. The van der Waals surface area contributed by atoms with Crippen LogP contribution in [0.2, 0.25) is 5.15 Å². The average Bonchev–Trinajstić information content (AvgIpc) is 2.66. The van der Waals surface area contributed by atoms with Crippen LogP contribution in [-0.2, 0) is 17.8 Å². The number of hydrogen-bond acceptors (Lipinski definition) is 5. The molecule has 3 rings (SSSR count). The van der Waals surface area contributed by atoms with E-state index in [0.717, 1.165) is 11.1 Å². The van der Waals surface area contributed by atoms with Crippen molar-refractivity contribution >= 4 is 29.3 Å². The summed E-state index contributed by atoms with van der Waals surface area (Å²) in [6.45, 7) is 0.444. The highest BCUT2D eigenvalue weighted by atomic mass is 35.5. The molecule has 1 amide bonds. The van der Waals surface area contributed by atoms with Gasteiger partial charge in [0.25, 0.3) is 0 Å². The van der Waals surface area contributed by atoms with Gasteiger partial charge >= 0.3 is 0 Å². The van der Waals surface area contributed by atoms with Gasteiger partial charge in [0, 0.05) is 19.0 Å². The van der Waals surface area contributed by atoms with Crippen LogP contribution < -0.4 is 16.4 Å². The predicted molar refractivity (Wildman–Crippen MR) is 107 cm³/mol. The van der Waals surface area contributed by atoms with Crippen LogP contribution in [0.3, 0.4) is 0 Å². The summed E-state index contributed by atoms with van der Waals surface area (Å²) in [6.07, 6.45) is 0.489. The maximum atomic E-state index is 12.8. The fraction of sp³-hybridized carbons (Fsp3) is 0.150. The number of anilines is 2. The van der Waals surface area contributed by atoms with Crippen molar-refractivity contribution in [2.75, 3.05) is 11.1 Å². The van der Waals surface area contributed by atoms with Gasteiger partial charge in [0.2, 0.25) is 11.9 Å². The zero-order valence-electron chi connectivity index (χ0n) is 14.6. The van der Waals surface area contributed by atoms with Gasteiger partial charge in [-0.15, -0.1) is 0 Å². The third-order valence-corrected chi connectivity index (χ3v) is 4.14. The van der Waals surface area contributed by atoms with E-state index in [-0.39, 0.29) is 17.0 Å². The van der Waals surface area contributed by atoms with Gasteiger partial charge in [-0.1, -0.05) is 72.3 Å². The number of rotatable bonds is 7. The highest BCUT2D eigenvalue weighted by Crippen LogP contribution is 2.15. The van der Waals surface area contributed by atoms with E-state index in [9.17, 15) is 4.79 Å². The maximum Gasteiger partial charge on any atom is 0.243 e. The fourth-order valence-corrected chi connectivity index (χ4v) is 2.84. The Labute approximate surface area is 162 Å². The quantitative estimate of drug-likeness (QED) is 0.547. The second-order valence-corrected chi connectivity index (χ2v) is 6.41. The molecule has 0 spiro atoms. The minimum absolute atomic E-state index is 0.0492. The molecule has 1 atom stereocenters. The molecule has 0 aliphatic carbocycles. The first-order valence-electron chi connectivity index (χ1n) is 8.52. The van der Waals surface area contributed by atoms with Crippen molar-refractivity contribution in [1.82, 2.24) is 15.3 Å². The zero-order valence-corrected chi connectivity index (χ0v) is 15.4. The Morgan fingerprint density at radius 1 is 1.00 bits per heavy atom. The first-order valence-corrected chi connectivity index (χ1v) is 8.90. The molecule has 2 aromatic carbocycles. The maximum absolute atomic E-state index is 12.8. The van der Waals surface area contributed by atoms with Crippen LogP contribution >= 0.6 is 11.6 Å². The van der Waals surface area contributed by atoms with E-state index in [4.69, 9.17) is 17.3 Å². The van der Waals surface area contributed by atoms with E-state index in [1.807, 2.05) is 60.7 Å². The lowest BCUT2D eigenvalue weighted by Gasteiger charge is -2.19. The van der Waals surface area contributed by atoms with Gasteiger partial charge in [-0.25, -0.2) is 4.98 Å². The van der Waals surface area contributed by atoms with Crippen molar-refractivity contribution in [3.63, 3.8) is 0 Å². The third-order valence-electron chi connectivity index (χ3n) is 3.94. The predicted octanol–water partition coefficient (Wildman–Crippen LogP) is 3.05. The smallest absolute Gasteiger partial charge is 0.243 e. The Balaban J connectivity index is 1.74. The number of hydrogen-bond donors (Lipinski definition) is 3. The molecular formula is C20H20ClN5O. The Hall–Kier alpha value is -3.12. The SMILES string of the molecule is Nc1nc(Cl)cc(NC(Cc2ccccc2)C(=O)NCc2ccccc2)n1. The van der Waals surface area contributed by atoms with Crippen LogP contribution in [0.1, 0.15) is 11.1 Å². The molecule has 3 aromatic rings. The van der Waals surface area contributed by atoms with Crippen molar-refractivity contribution in [1.29, 1.82) is 0 Å². The minimum Gasteiger partial charge on any atom is -0.368 e. The normalized spacial score (nSPS) is 11.6.